The zero-order chi connectivity index (χ0) is 13.0. The van der Waals surface area contributed by atoms with Crippen molar-refractivity contribution >= 4 is 17.5 Å². The summed E-state index contributed by atoms with van der Waals surface area (Å²) in [7, 11) is 1.36. The number of nitrogen functional groups attached to an aromatic ring is 1. The molecule has 0 bridgehead atoms. The number of esters is 1. The monoisotopic (exact) mass is 251 g/mol. The molecule has 0 aromatic carbocycles. The van der Waals surface area contributed by atoms with E-state index in [1.807, 2.05) is 0 Å². The van der Waals surface area contributed by atoms with Crippen LogP contribution in [0.2, 0.25) is 0 Å². The molecule has 18 heavy (non-hydrogen) atoms. The third-order valence-corrected chi connectivity index (χ3v) is 2.87. The van der Waals surface area contributed by atoms with Crippen molar-refractivity contribution in [2.45, 2.75) is 6.42 Å². The molecule has 1 fully saturated rings. The average molecular weight is 251 g/mol. The Morgan fingerprint density at radius 3 is 3.11 bits per heavy atom. The van der Waals surface area contributed by atoms with Crippen LogP contribution in [0.3, 0.4) is 0 Å². The molecule has 1 aromatic rings. The highest BCUT2D eigenvalue weighted by Gasteiger charge is 2.19. The molecule has 98 valence electrons. The van der Waals surface area contributed by atoms with E-state index in [9.17, 15) is 4.79 Å². The van der Waals surface area contributed by atoms with Crippen LogP contribution >= 0.6 is 0 Å². The Morgan fingerprint density at radius 1 is 1.50 bits per heavy atom. The fraction of sp³-hybridized carbons (Fsp3) is 0.500. The molecule has 2 N–H and O–H groups in total. The molecule has 1 aromatic heterocycles. The number of hydrogen-bond donors (Lipinski definition) is 1. The summed E-state index contributed by atoms with van der Waals surface area (Å²) in [5, 5.41) is 0. The Labute approximate surface area is 106 Å². The number of ether oxygens (including phenoxy) is 2. The molecule has 0 spiro atoms. The molecule has 0 unspecified atom stereocenters. The van der Waals surface area contributed by atoms with Crippen LogP contribution in [0.25, 0.3) is 0 Å². The topological polar surface area (TPSA) is 77.7 Å². The lowest BCUT2D eigenvalue weighted by Crippen LogP contribution is -2.28. The highest BCUT2D eigenvalue weighted by molar-refractivity contribution is 5.96. The van der Waals surface area contributed by atoms with Crippen LogP contribution in [-0.4, -0.2) is 44.4 Å². The Hall–Kier alpha value is -1.82. The fourth-order valence-electron chi connectivity index (χ4n) is 1.98. The number of carbonyl (C=O) groups excluding carboxylic acids is 1. The number of anilines is 2. The van der Waals surface area contributed by atoms with Gasteiger partial charge in [-0.25, -0.2) is 9.78 Å². The lowest BCUT2D eigenvalue weighted by Gasteiger charge is -2.23. The number of hydrogen-bond acceptors (Lipinski definition) is 6. The minimum Gasteiger partial charge on any atom is -0.465 e. The van der Waals surface area contributed by atoms with Crippen molar-refractivity contribution in [2.75, 3.05) is 44.0 Å². The molecule has 6 heteroatoms. The first kappa shape index (κ1) is 12.6. The number of nitrogens with zero attached hydrogens (tertiary/aromatic N) is 2. The summed E-state index contributed by atoms with van der Waals surface area (Å²) in [5.41, 5.74) is 6.82. The van der Waals surface area contributed by atoms with E-state index in [0.717, 1.165) is 31.8 Å². The maximum absolute atomic E-state index is 11.8. The van der Waals surface area contributed by atoms with E-state index in [1.165, 1.54) is 7.11 Å². The van der Waals surface area contributed by atoms with Crippen molar-refractivity contribution < 1.29 is 14.3 Å². The zero-order valence-electron chi connectivity index (χ0n) is 10.4. The Bertz CT molecular complexity index is 429. The molecule has 1 aliphatic rings. The van der Waals surface area contributed by atoms with E-state index in [-0.39, 0.29) is 0 Å². The van der Waals surface area contributed by atoms with Crippen molar-refractivity contribution in [1.29, 1.82) is 0 Å². The van der Waals surface area contributed by atoms with Crippen LogP contribution in [0.15, 0.2) is 12.3 Å². The minimum absolute atomic E-state index is 0.310. The van der Waals surface area contributed by atoms with Gasteiger partial charge in [0, 0.05) is 19.7 Å². The first-order valence-corrected chi connectivity index (χ1v) is 5.89. The van der Waals surface area contributed by atoms with E-state index in [4.69, 9.17) is 15.2 Å². The molecular formula is C12H17N3O3. The van der Waals surface area contributed by atoms with Crippen molar-refractivity contribution in [3.8, 4) is 0 Å². The van der Waals surface area contributed by atoms with Gasteiger partial charge in [0.1, 0.15) is 5.82 Å². The number of carbonyl (C=O) groups is 1. The molecule has 1 saturated heterocycles. The molecule has 1 aliphatic heterocycles. The molecular weight excluding hydrogens is 234 g/mol. The van der Waals surface area contributed by atoms with Crippen LogP contribution in [0.1, 0.15) is 16.8 Å². The van der Waals surface area contributed by atoms with Crippen molar-refractivity contribution in [3.63, 3.8) is 0 Å². The first-order valence-electron chi connectivity index (χ1n) is 5.89. The standard InChI is InChI=1S/C12H17N3O3/c1-17-12(16)9-7-11(13)14-8-10(9)15-3-2-5-18-6-4-15/h7-8H,2-6H2,1H3,(H2,13,14). The van der Waals surface area contributed by atoms with Crippen LogP contribution in [0.5, 0.6) is 0 Å². The fourth-order valence-corrected chi connectivity index (χ4v) is 1.98. The van der Waals surface area contributed by atoms with Gasteiger partial charge in [0.25, 0.3) is 0 Å². The summed E-state index contributed by atoms with van der Waals surface area (Å²) in [6, 6.07) is 1.55. The summed E-state index contributed by atoms with van der Waals surface area (Å²) in [6.45, 7) is 2.95. The molecule has 6 nitrogen and oxygen atoms in total. The van der Waals surface area contributed by atoms with Gasteiger partial charge in [-0.3, -0.25) is 0 Å². The van der Waals surface area contributed by atoms with Crippen molar-refractivity contribution in [2.24, 2.45) is 0 Å². The molecule has 0 atom stereocenters. The van der Waals surface area contributed by atoms with E-state index >= 15 is 0 Å². The highest BCUT2D eigenvalue weighted by Crippen LogP contribution is 2.23. The van der Waals surface area contributed by atoms with Gasteiger partial charge in [0.05, 0.1) is 31.2 Å². The normalized spacial score (nSPS) is 16.2. The molecule has 0 amide bonds. The minimum atomic E-state index is -0.399. The quantitative estimate of drug-likeness (QED) is 0.779. The Morgan fingerprint density at radius 2 is 2.33 bits per heavy atom. The van der Waals surface area contributed by atoms with Gasteiger partial charge in [-0.1, -0.05) is 0 Å². The lowest BCUT2D eigenvalue weighted by atomic mass is 10.2. The number of rotatable bonds is 2. The molecule has 0 aliphatic carbocycles. The van der Waals surface area contributed by atoms with Crippen LogP contribution in [-0.2, 0) is 9.47 Å². The van der Waals surface area contributed by atoms with Crippen LogP contribution < -0.4 is 10.6 Å². The maximum atomic E-state index is 11.8. The van der Waals surface area contributed by atoms with Crippen LogP contribution in [0, 0.1) is 0 Å². The summed E-state index contributed by atoms with van der Waals surface area (Å²) in [4.78, 5) is 17.9. The third-order valence-electron chi connectivity index (χ3n) is 2.87. The number of aromatic nitrogens is 1. The number of nitrogens with two attached hydrogens (primary N) is 1. The maximum Gasteiger partial charge on any atom is 0.340 e. The largest absolute Gasteiger partial charge is 0.465 e. The summed E-state index contributed by atoms with van der Waals surface area (Å²) >= 11 is 0. The molecule has 0 radical (unpaired) electrons. The Kier molecular flexibility index (Phi) is 3.99. The van der Waals surface area contributed by atoms with Gasteiger partial charge >= 0.3 is 5.97 Å². The van der Waals surface area contributed by atoms with E-state index in [0.29, 0.717) is 18.0 Å². The summed E-state index contributed by atoms with van der Waals surface area (Å²) < 4.78 is 10.2. The predicted octanol–water partition coefficient (Wildman–Crippen LogP) is 0.677. The predicted molar refractivity (Wildman–Crippen MR) is 67.6 cm³/mol. The third kappa shape index (κ3) is 2.70. The number of pyridine rings is 1. The smallest absolute Gasteiger partial charge is 0.340 e. The van der Waals surface area contributed by atoms with E-state index in [1.54, 1.807) is 12.3 Å². The van der Waals surface area contributed by atoms with Crippen molar-refractivity contribution in [3.05, 3.63) is 17.8 Å². The molecule has 2 heterocycles. The summed E-state index contributed by atoms with van der Waals surface area (Å²) in [5.74, 6) is -0.0884. The van der Waals surface area contributed by atoms with E-state index < -0.39 is 5.97 Å². The lowest BCUT2D eigenvalue weighted by molar-refractivity contribution is 0.0601. The van der Waals surface area contributed by atoms with Gasteiger partial charge in [-0.05, 0) is 12.5 Å². The second kappa shape index (κ2) is 5.68. The molecule has 0 saturated carbocycles. The van der Waals surface area contributed by atoms with Gasteiger partial charge < -0.3 is 20.1 Å². The van der Waals surface area contributed by atoms with Gasteiger partial charge in [0.2, 0.25) is 0 Å². The second-order valence-electron chi connectivity index (χ2n) is 4.07. The van der Waals surface area contributed by atoms with Gasteiger partial charge in [0.15, 0.2) is 0 Å². The van der Waals surface area contributed by atoms with Gasteiger partial charge in [-0.2, -0.15) is 0 Å². The first-order chi connectivity index (χ1) is 8.72. The van der Waals surface area contributed by atoms with Crippen LogP contribution in [0.4, 0.5) is 11.5 Å². The second-order valence-corrected chi connectivity index (χ2v) is 4.07. The number of methoxy groups -OCH3 is 1. The van der Waals surface area contributed by atoms with E-state index in [2.05, 4.69) is 9.88 Å². The molecule has 2 rings (SSSR count). The average Bonchev–Trinajstić information content (AvgIpc) is 2.66. The Balaban J connectivity index is 2.32. The highest BCUT2D eigenvalue weighted by atomic mass is 16.5. The summed E-state index contributed by atoms with van der Waals surface area (Å²) in [6.07, 6.45) is 2.54. The zero-order valence-corrected chi connectivity index (χ0v) is 10.4. The van der Waals surface area contributed by atoms with Gasteiger partial charge in [-0.15, -0.1) is 0 Å². The SMILES string of the molecule is COC(=O)c1cc(N)ncc1N1CCCOCC1. The van der Waals surface area contributed by atoms with Crippen molar-refractivity contribution in [1.82, 2.24) is 4.98 Å².